The Kier molecular flexibility index (Phi) is 5.03. The minimum atomic E-state index is -0.275. The molecule has 0 aliphatic carbocycles. The summed E-state index contributed by atoms with van der Waals surface area (Å²) in [5.41, 5.74) is 0.424. The van der Waals surface area contributed by atoms with Gasteiger partial charge in [-0.25, -0.2) is 4.98 Å². The average molecular weight is 380 g/mol. The lowest BCUT2D eigenvalue weighted by Gasteiger charge is -2.25. The minimum absolute atomic E-state index is 0.0566. The smallest absolute Gasteiger partial charge is 0.258 e. The molecule has 3 heterocycles. The van der Waals surface area contributed by atoms with Crippen LogP contribution in [0.2, 0.25) is 0 Å². The van der Waals surface area contributed by atoms with Crippen molar-refractivity contribution in [3.63, 3.8) is 0 Å². The summed E-state index contributed by atoms with van der Waals surface area (Å²) in [6.07, 6.45) is 3.16. The molecular formula is C20H20N4O4. The summed E-state index contributed by atoms with van der Waals surface area (Å²) in [5, 5.41) is 0.504. The maximum atomic E-state index is 13.0. The van der Waals surface area contributed by atoms with Crippen molar-refractivity contribution in [2.45, 2.75) is 25.5 Å². The van der Waals surface area contributed by atoms with Crippen molar-refractivity contribution in [2.24, 2.45) is 0 Å². The van der Waals surface area contributed by atoms with Crippen LogP contribution >= 0.6 is 0 Å². The van der Waals surface area contributed by atoms with Crippen LogP contribution in [0.3, 0.4) is 0 Å². The van der Waals surface area contributed by atoms with Crippen LogP contribution in [0, 0.1) is 0 Å². The zero-order valence-corrected chi connectivity index (χ0v) is 15.2. The number of nitrogens with zero attached hydrogens (tertiary/aromatic N) is 2. The van der Waals surface area contributed by atoms with Crippen molar-refractivity contribution in [2.75, 3.05) is 13.2 Å². The van der Waals surface area contributed by atoms with Crippen LogP contribution in [0.4, 0.5) is 0 Å². The van der Waals surface area contributed by atoms with Gasteiger partial charge >= 0.3 is 0 Å². The van der Waals surface area contributed by atoms with Crippen LogP contribution in [0.25, 0.3) is 10.9 Å². The lowest BCUT2D eigenvalue weighted by atomic mass is 10.2. The molecule has 2 aromatic heterocycles. The highest BCUT2D eigenvalue weighted by Crippen LogP contribution is 2.16. The Morgan fingerprint density at radius 3 is 2.82 bits per heavy atom. The number of benzene rings is 1. The van der Waals surface area contributed by atoms with E-state index in [2.05, 4.69) is 15.0 Å². The molecule has 3 aromatic rings. The predicted octanol–water partition coefficient (Wildman–Crippen LogP) is 1.43. The number of carbonyl (C=O) groups is 1. The maximum Gasteiger partial charge on any atom is 0.258 e. The van der Waals surface area contributed by atoms with Gasteiger partial charge in [0.1, 0.15) is 5.82 Å². The second kappa shape index (κ2) is 7.77. The third kappa shape index (κ3) is 3.86. The lowest BCUT2D eigenvalue weighted by molar-refractivity contribution is 0.0501. The number of hydrogen-bond acceptors (Lipinski definition) is 5. The van der Waals surface area contributed by atoms with Crippen LogP contribution in [-0.2, 0) is 11.3 Å². The first-order valence-corrected chi connectivity index (χ1v) is 9.18. The summed E-state index contributed by atoms with van der Waals surface area (Å²) < 4.78 is 5.68. The molecule has 1 amide bonds. The second-order valence-corrected chi connectivity index (χ2v) is 6.79. The molecule has 1 aliphatic rings. The summed E-state index contributed by atoms with van der Waals surface area (Å²) in [4.78, 5) is 48.0. The molecule has 1 aliphatic heterocycles. The Morgan fingerprint density at radius 2 is 2.07 bits per heavy atom. The summed E-state index contributed by atoms with van der Waals surface area (Å²) in [5.74, 6) is 0.141. The first kappa shape index (κ1) is 18.1. The third-order valence-electron chi connectivity index (χ3n) is 4.77. The van der Waals surface area contributed by atoms with E-state index in [-0.39, 0.29) is 29.7 Å². The normalized spacial score (nSPS) is 16.4. The lowest BCUT2D eigenvalue weighted by Crippen LogP contribution is -2.38. The van der Waals surface area contributed by atoms with Crippen LogP contribution in [0.1, 0.15) is 29.0 Å². The highest BCUT2D eigenvalue weighted by molar-refractivity contribution is 5.93. The molecule has 2 N–H and O–H groups in total. The van der Waals surface area contributed by atoms with Crippen LogP contribution in [0.5, 0.6) is 0 Å². The molecular weight excluding hydrogens is 360 g/mol. The topological polar surface area (TPSA) is 108 Å². The number of aromatic amines is 2. The Hall–Kier alpha value is -3.26. The molecule has 144 valence electrons. The summed E-state index contributed by atoms with van der Waals surface area (Å²) in [6, 6.07) is 9.87. The molecule has 1 saturated heterocycles. The fourth-order valence-corrected chi connectivity index (χ4v) is 3.37. The van der Waals surface area contributed by atoms with Gasteiger partial charge in [-0.05, 0) is 31.0 Å². The van der Waals surface area contributed by atoms with Gasteiger partial charge in [0, 0.05) is 25.4 Å². The maximum absolute atomic E-state index is 13.0. The Labute approximate surface area is 160 Å². The molecule has 28 heavy (non-hydrogen) atoms. The van der Waals surface area contributed by atoms with Gasteiger partial charge in [-0.2, -0.15) is 0 Å². The van der Waals surface area contributed by atoms with Gasteiger partial charge in [0.2, 0.25) is 5.56 Å². The number of ether oxygens (including phenoxy) is 1. The number of rotatable bonds is 5. The van der Waals surface area contributed by atoms with Gasteiger partial charge in [0.25, 0.3) is 11.5 Å². The van der Waals surface area contributed by atoms with E-state index in [1.165, 1.54) is 18.3 Å². The van der Waals surface area contributed by atoms with Crippen LogP contribution in [-0.4, -0.2) is 45.0 Å². The van der Waals surface area contributed by atoms with Crippen molar-refractivity contribution >= 4 is 16.8 Å². The molecule has 4 rings (SSSR count). The Morgan fingerprint density at radius 1 is 1.21 bits per heavy atom. The first-order chi connectivity index (χ1) is 13.6. The van der Waals surface area contributed by atoms with E-state index >= 15 is 0 Å². The molecule has 8 heteroatoms. The standard InChI is InChI=1S/C20H20N4O4/c25-18-8-7-13(10-21-18)20(27)24(11-14-4-3-9-28-14)12-17-22-16-6-2-1-5-15(16)19(26)23-17/h1-2,5-8,10,14H,3-4,9,11-12H2,(H,21,25)(H,22,23,26). The Bertz CT molecular complexity index is 1090. The zero-order valence-electron chi connectivity index (χ0n) is 15.2. The Balaban J connectivity index is 1.65. The molecule has 1 atom stereocenters. The van der Waals surface area contributed by atoms with Crippen LogP contribution in [0.15, 0.2) is 52.2 Å². The van der Waals surface area contributed by atoms with Crippen molar-refractivity contribution in [3.8, 4) is 0 Å². The van der Waals surface area contributed by atoms with E-state index in [9.17, 15) is 14.4 Å². The van der Waals surface area contributed by atoms with E-state index in [1.54, 1.807) is 23.1 Å². The van der Waals surface area contributed by atoms with Crippen molar-refractivity contribution in [3.05, 3.63) is 74.7 Å². The summed E-state index contributed by atoms with van der Waals surface area (Å²) in [6.45, 7) is 1.20. The van der Waals surface area contributed by atoms with E-state index < -0.39 is 0 Å². The van der Waals surface area contributed by atoms with Crippen LogP contribution < -0.4 is 11.1 Å². The number of amides is 1. The van der Waals surface area contributed by atoms with Crippen molar-refractivity contribution in [1.29, 1.82) is 0 Å². The number of para-hydroxylation sites is 1. The molecule has 1 fully saturated rings. The first-order valence-electron chi connectivity index (χ1n) is 9.18. The molecule has 0 spiro atoms. The molecule has 0 bridgehead atoms. The van der Waals surface area contributed by atoms with Crippen molar-refractivity contribution in [1.82, 2.24) is 19.9 Å². The van der Waals surface area contributed by atoms with Crippen molar-refractivity contribution < 1.29 is 9.53 Å². The predicted molar refractivity (Wildman–Crippen MR) is 103 cm³/mol. The van der Waals surface area contributed by atoms with Gasteiger partial charge in [-0.15, -0.1) is 0 Å². The largest absolute Gasteiger partial charge is 0.376 e. The molecule has 1 aromatic carbocycles. The molecule has 8 nitrogen and oxygen atoms in total. The zero-order chi connectivity index (χ0) is 19.5. The molecule has 0 saturated carbocycles. The number of carbonyl (C=O) groups excluding carboxylic acids is 1. The summed E-state index contributed by atoms with van der Waals surface area (Å²) in [7, 11) is 0. The van der Waals surface area contributed by atoms with Gasteiger partial charge in [-0.1, -0.05) is 12.1 Å². The number of pyridine rings is 1. The van der Waals surface area contributed by atoms with E-state index in [0.29, 0.717) is 35.4 Å². The fourth-order valence-electron chi connectivity index (χ4n) is 3.37. The third-order valence-corrected chi connectivity index (χ3v) is 4.77. The SMILES string of the molecule is O=C(c1ccc(=O)[nH]c1)N(Cc1nc2ccccc2c(=O)[nH]1)CC1CCCO1. The second-order valence-electron chi connectivity index (χ2n) is 6.79. The number of hydrogen-bond donors (Lipinski definition) is 2. The molecule has 0 radical (unpaired) electrons. The van der Waals surface area contributed by atoms with Gasteiger partial charge in [-0.3, -0.25) is 14.4 Å². The quantitative estimate of drug-likeness (QED) is 0.696. The highest BCUT2D eigenvalue weighted by Gasteiger charge is 2.24. The van der Waals surface area contributed by atoms with Gasteiger partial charge in [0.05, 0.1) is 29.1 Å². The average Bonchev–Trinajstić information content (AvgIpc) is 3.21. The fraction of sp³-hybridized carbons (Fsp3) is 0.300. The number of H-pyrrole nitrogens is 2. The number of fused-ring (bicyclic) bond motifs is 1. The minimum Gasteiger partial charge on any atom is -0.376 e. The number of nitrogens with one attached hydrogen (secondary N) is 2. The molecule has 1 unspecified atom stereocenters. The van der Waals surface area contributed by atoms with E-state index in [0.717, 1.165) is 12.8 Å². The van der Waals surface area contributed by atoms with E-state index in [4.69, 9.17) is 4.74 Å². The van der Waals surface area contributed by atoms with Gasteiger partial charge < -0.3 is 19.6 Å². The number of aromatic nitrogens is 3. The highest BCUT2D eigenvalue weighted by atomic mass is 16.5. The summed E-state index contributed by atoms with van der Waals surface area (Å²) >= 11 is 0. The van der Waals surface area contributed by atoms with Gasteiger partial charge in [0.15, 0.2) is 0 Å². The van der Waals surface area contributed by atoms with E-state index in [1.807, 2.05) is 6.07 Å². The monoisotopic (exact) mass is 380 g/mol.